The molecule has 0 aliphatic carbocycles. The predicted molar refractivity (Wildman–Crippen MR) is 93.9 cm³/mol. The molecule has 0 atom stereocenters. The maximum atomic E-state index is 12.6. The van der Waals surface area contributed by atoms with Crippen molar-refractivity contribution in [3.8, 4) is 17.2 Å². The molecular weight excluding hydrogens is 324 g/mol. The van der Waals surface area contributed by atoms with E-state index < -0.39 is 5.91 Å². The first-order valence-corrected chi connectivity index (χ1v) is 7.48. The van der Waals surface area contributed by atoms with Crippen molar-refractivity contribution in [2.24, 2.45) is 0 Å². The van der Waals surface area contributed by atoms with E-state index in [0.29, 0.717) is 34.1 Å². The molecule has 0 unspecified atom stereocenters. The van der Waals surface area contributed by atoms with Gasteiger partial charge in [0.25, 0.3) is 11.8 Å². The van der Waals surface area contributed by atoms with E-state index in [0.717, 1.165) is 0 Å². The average molecular weight is 344 g/mol. The van der Waals surface area contributed by atoms with Crippen molar-refractivity contribution in [2.75, 3.05) is 33.7 Å². The van der Waals surface area contributed by atoms with Gasteiger partial charge in [-0.1, -0.05) is 12.1 Å². The third-order valence-electron chi connectivity index (χ3n) is 3.57. The van der Waals surface area contributed by atoms with Crippen LogP contribution in [0.4, 0.5) is 5.69 Å². The number of benzene rings is 2. The number of carbonyl (C=O) groups is 2. The zero-order valence-electron chi connectivity index (χ0n) is 14.5. The van der Waals surface area contributed by atoms with Gasteiger partial charge in [-0.25, -0.2) is 0 Å². The quantitative estimate of drug-likeness (QED) is 0.840. The second-order valence-corrected chi connectivity index (χ2v) is 4.99. The maximum Gasteiger partial charge on any atom is 0.255 e. The summed E-state index contributed by atoms with van der Waals surface area (Å²) in [5, 5.41) is 5.27. The van der Waals surface area contributed by atoms with E-state index in [4.69, 9.17) is 14.2 Å². The van der Waals surface area contributed by atoms with Gasteiger partial charge in [0.05, 0.1) is 32.6 Å². The van der Waals surface area contributed by atoms with Crippen molar-refractivity contribution in [1.82, 2.24) is 5.32 Å². The lowest BCUT2D eigenvalue weighted by molar-refractivity contribution is 0.0964. The number of nitrogens with one attached hydrogen (secondary N) is 2. The highest BCUT2D eigenvalue weighted by atomic mass is 16.5. The normalized spacial score (nSPS) is 9.92. The smallest absolute Gasteiger partial charge is 0.255 e. The minimum Gasteiger partial charge on any atom is -0.493 e. The minimum atomic E-state index is -0.407. The van der Waals surface area contributed by atoms with Crippen molar-refractivity contribution in [3.05, 3.63) is 47.5 Å². The van der Waals surface area contributed by atoms with Gasteiger partial charge >= 0.3 is 0 Å². The van der Waals surface area contributed by atoms with Crippen molar-refractivity contribution in [1.29, 1.82) is 0 Å². The van der Waals surface area contributed by atoms with E-state index in [9.17, 15) is 9.59 Å². The molecule has 0 radical (unpaired) electrons. The van der Waals surface area contributed by atoms with Crippen LogP contribution in [-0.2, 0) is 0 Å². The predicted octanol–water partition coefficient (Wildman–Crippen LogP) is 2.32. The van der Waals surface area contributed by atoms with E-state index in [1.54, 1.807) is 36.4 Å². The first-order chi connectivity index (χ1) is 12.0. The summed E-state index contributed by atoms with van der Waals surface area (Å²) in [6.45, 7) is 0. The Bertz CT molecular complexity index is 764. The van der Waals surface area contributed by atoms with Crippen molar-refractivity contribution < 1.29 is 23.8 Å². The summed E-state index contributed by atoms with van der Waals surface area (Å²) in [7, 11) is 5.96. The Morgan fingerprint density at radius 2 is 1.48 bits per heavy atom. The molecule has 2 rings (SSSR count). The highest BCUT2D eigenvalue weighted by Gasteiger charge is 2.18. The van der Waals surface area contributed by atoms with Gasteiger partial charge in [0.1, 0.15) is 0 Å². The largest absolute Gasteiger partial charge is 0.493 e. The highest BCUT2D eigenvalue weighted by Crippen LogP contribution is 2.38. The molecule has 0 aliphatic rings. The van der Waals surface area contributed by atoms with Crippen LogP contribution in [0.5, 0.6) is 17.2 Å². The molecule has 7 nitrogen and oxygen atoms in total. The second-order valence-electron chi connectivity index (χ2n) is 4.99. The summed E-state index contributed by atoms with van der Waals surface area (Å²) in [6.07, 6.45) is 0. The molecule has 0 aromatic heterocycles. The fraction of sp³-hybridized carbons (Fsp3) is 0.222. The van der Waals surface area contributed by atoms with E-state index >= 15 is 0 Å². The molecule has 0 saturated heterocycles. The molecule has 0 aliphatic heterocycles. The van der Waals surface area contributed by atoms with Gasteiger partial charge in [0.2, 0.25) is 5.75 Å². The molecule has 25 heavy (non-hydrogen) atoms. The van der Waals surface area contributed by atoms with Crippen LogP contribution < -0.4 is 24.8 Å². The molecular formula is C18H20N2O5. The monoisotopic (exact) mass is 344 g/mol. The number of rotatable bonds is 6. The van der Waals surface area contributed by atoms with Gasteiger partial charge < -0.3 is 24.8 Å². The summed E-state index contributed by atoms with van der Waals surface area (Å²) >= 11 is 0. The van der Waals surface area contributed by atoms with Gasteiger partial charge in [-0.15, -0.1) is 0 Å². The number of methoxy groups -OCH3 is 3. The molecule has 2 N–H and O–H groups in total. The van der Waals surface area contributed by atoms with E-state index in [2.05, 4.69) is 10.6 Å². The Morgan fingerprint density at radius 3 is 2.00 bits per heavy atom. The summed E-state index contributed by atoms with van der Waals surface area (Å²) in [6, 6.07) is 9.82. The molecule has 132 valence electrons. The number of anilines is 1. The van der Waals surface area contributed by atoms with Crippen LogP contribution in [0.1, 0.15) is 20.7 Å². The van der Waals surface area contributed by atoms with Crippen LogP contribution in [0.3, 0.4) is 0 Å². The number of hydrogen-bond acceptors (Lipinski definition) is 5. The second kappa shape index (κ2) is 8.05. The zero-order valence-corrected chi connectivity index (χ0v) is 14.5. The summed E-state index contributed by atoms with van der Waals surface area (Å²) in [4.78, 5) is 24.5. The Morgan fingerprint density at radius 1 is 0.880 bits per heavy atom. The molecule has 0 fully saturated rings. The highest BCUT2D eigenvalue weighted by molar-refractivity contribution is 6.09. The standard InChI is InChI=1S/C18H20N2O5/c1-19-18(22)12-7-5-6-8-13(12)20-17(21)11-9-14(23-2)16(25-4)15(10-11)24-3/h5-10H,1-4H3,(H,19,22)(H,20,21). The van der Waals surface area contributed by atoms with Gasteiger partial charge in [-0.2, -0.15) is 0 Å². The number of hydrogen-bond donors (Lipinski definition) is 2. The zero-order chi connectivity index (χ0) is 18.4. The average Bonchev–Trinajstić information content (AvgIpc) is 2.66. The van der Waals surface area contributed by atoms with Crippen molar-refractivity contribution in [2.45, 2.75) is 0 Å². The molecule has 2 aromatic rings. The van der Waals surface area contributed by atoms with E-state index in [1.807, 2.05) is 0 Å². The Labute approximate surface area is 145 Å². The van der Waals surface area contributed by atoms with Gasteiger partial charge in [0.15, 0.2) is 11.5 Å². The van der Waals surface area contributed by atoms with Gasteiger partial charge in [-0.05, 0) is 24.3 Å². The summed E-state index contributed by atoms with van der Waals surface area (Å²) < 4.78 is 15.7. The van der Waals surface area contributed by atoms with Crippen LogP contribution in [0.2, 0.25) is 0 Å². The minimum absolute atomic E-state index is 0.291. The molecule has 2 aromatic carbocycles. The van der Waals surface area contributed by atoms with Crippen molar-refractivity contribution >= 4 is 17.5 Å². The number of ether oxygens (including phenoxy) is 3. The van der Waals surface area contributed by atoms with Gasteiger partial charge in [-0.3, -0.25) is 9.59 Å². The topological polar surface area (TPSA) is 85.9 Å². The van der Waals surface area contributed by atoms with E-state index in [-0.39, 0.29) is 5.91 Å². The lowest BCUT2D eigenvalue weighted by Gasteiger charge is -2.15. The van der Waals surface area contributed by atoms with Crippen LogP contribution >= 0.6 is 0 Å². The third-order valence-corrected chi connectivity index (χ3v) is 3.57. The van der Waals surface area contributed by atoms with E-state index in [1.165, 1.54) is 28.4 Å². The summed E-state index contributed by atoms with van der Waals surface area (Å²) in [5.74, 6) is 0.432. The van der Waals surface area contributed by atoms with Crippen LogP contribution in [0.25, 0.3) is 0 Å². The van der Waals surface area contributed by atoms with Crippen LogP contribution in [0.15, 0.2) is 36.4 Å². The Hall–Kier alpha value is -3.22. The number of para-hydroxylation sites is 1. The first kappa shape index (κ1) is 18.1. The Kier molecular flexibility index (Phi) is 5.84. The third kappa shape index (κ3) is 3.82. The molecule has 0 heterocycles. The first-order valence-electron chi connectivity index (χ1n) is 7.48. The Balaban J connectivity index is 2.38. The number of amides is 2. The van der Waals surface area contributed by atoms with Crippen LogP contribution in [0, 0.1) is 0 Å². The molecule has 0 bridgehead atoms. The SMILES string of the molecule is CNC(=O)c1ccccc1NC(=O)c1cc(OC)c(OC)c(OC)c1. The van der Waals surface area contributed by atoms with Crippen LogP contribution in [-0.4, -0.2) is 40.2 Å². The fourth-order valence-corrected chi connectivity index (χ4v) is 2.33. The molecule has 7 heteroatoms. The number of carbonyl (C=O) groups excluding carboxylic acids is 2. The maximum absolute atomic E-state index is 12.6. The molecule has 2 amide bonds. The lowest BCUT2D eigenvalue weighted by atomic mass is 10.1. The van der Waals surface area contributed by atoms with Gasteiger partial charge in [0, 0.05) is 12.6 Å². The molecule has 0 spiro atoms. The lowest BCUT2D eigenvalue weighted by Crippen LogP contribution is -2.21. The fourth-order valence-electron chi connectivity index (χ4n) is 2.33. The summed E-state index contributed by atoms with van der Waals surface area (Å²) in [5.41, 5.74) is 1.08. The van der Waals surface area contributed by atoms with Crippen molar-refractivity contribution in [3.63, 3.8) is 0 Å². The molecule has 0 saturated carbocycles.